The summed E-state index contributed by atoms with van der Waals surface area (Å²) in [5, 5.41) is 0. The smallest absolute Gasteiger partial charge is 0.412 e. The lowest BCUT2D eigenvalue weighted by Crippen LogP contribution is -2.42. The molecule has 0 N–H and O–H groups in total. The SMILES string of the molecule is O=C(OCOc1cnccc1Br)N1CCC1. The fraction of sp³-hybridized carbons (Fsp3) is 0.400. The Morgan fingerprint density at radius 2 is 2.38 bits per heavy atom. The van der Waals surface area contributed by atoms with Gasteiger partial charge in [-0.15, -0.1) is 0 Å². The summed E-state index contributed by atoms with van der Waals surface area (Å²) in [6, 6.07) is 1.76. The molecule has 0 radical (unpaired) electrons. The van der Waals surface area contributed by atoms with E-state index in [9.17, 15) is 4.79 Å². The van der Waals surface area contributed by atoms with Gasteiger partial charge in [0.2, 0.25) is 6.79 Å². The van der Waals surface area contributed by atoms with Crippen molar-refractivity contribution >= 4 is 22.0 Å². The predicted octanol–water partition coefficient (Wildman–Crippen LogP) is 2.02. The van der Waals surface area contributed by atoms with Crippen LogP contribution in [0.5, 0.6) is 5.75 Å². The number of carbonyl (C=O) groups is 1. The van der Waals surface area contributed by atoms with Gasteiger partial charge >= 0.3 is 6.09 Å². The van der Waals surface area contributed by atoms with E-state index >= 15 is 0 Å². The second kappa shape index (κ2) is 5.16. The van der Waals surface area contributed by atoms with Crippen LogP contribution in [-0.2, 0) is 4.74 Å². The molecule has 16 heavy (non-hydrogen) atoms. The zero-order valence-corrected chi connectivity index (χ0v) is 10.1. The van der Waals surface area contributed by atoms with Crippen LogP contribution in [0.1, 0.15) is 6.42 Å². The second-order valence-corrected chi connectivity index (χ2v) is 4.17. The standard InChI is InChI=1S/C10H11BrN2O3/c11-8-2-3-12-6-9(8)15-7-16-10(14)13-4-1-5-13/h2-3,6H,1,4-5,7H2. The van der Waals surface area contributed by atoms with Crippen molar-refractivity contribution in [2.45, 2.75) is 6.42 Å². The van der Waals surface area contributed by atoms with Crippen LogP contribution in [0, 0.1) is 0 Å². The molecule has 1 aromatic heterocycles. The summed E-state index contributed by atoms with van der Waals surface area (Å²) >= 11 is 3.30. The van der Waals surface area contributed by atoms with E-state index in [1.165, 1.54) is 0 Å². The maximum atomic E-state index is 11.3. The number of hydrogen-bond donors (Lipinski definition) is 0. The van der Waals surface area contributed by atoms with Crippen LogP contribution in [0.15, 0.2) is 22.9 Å². The largest absolute Gasteiger partial charge is 0.454 e. The molecule has 5 nitrogen and oxygen atoms in total. The molecule has 0 spiro atoms. The Morgan fingerprint density at radius 1 is 1.56 bits per heavy atom. The maximum absolute atomic E-state index is 11.3. The summed E-state index contributed by atoms with van der Waals surface area (Å²) in [5.74, 6) is 0.555. The molecule has 86 valence electrons. The van der Waals surface area contributed by atoms with Crippen LogP contribution in [-0.4, -0.2) is 35.9 Å². The molecule has 1 saturated heterocycles. The zero-order valence-electron chi connectivity index (χ0n) is 8.56. The third-order valence-electron chi connectivity index (χ3n) is 2.25. The highest BCUT2D eigenvalue weighted by Gasteiger charge is 2.21. The summed E-state index contributed by atoms with van der Waals surface area (Å²) in [7, 11) is 0. The van der Waals surface area contributed by atoms with Crippen LogP contribution in [0.2, 0.25) is 0 Å². The van der Waals surface area contributed by atoms with Crippen molar-refractivity contribution in [3.8, 4) is 5.75 Å². The van der Waals surface area contributed by atoms with Crippen LogP contribution in [0.25, 0.3) is 0 Å². The topological polar surface area (TPSA) is 51.7 Å². The molecule has 0 bridgehead atoms. The van der Waals surface area contributed by atoms with Crippen molar-refractivity contribution in [1.29, 1.82) is 0 Å². The molecule has 1 amide bonds. The molecule has 0 aliphatic carbocycles. The minimum absolute atomic E-state index is 0.0976. The van der Waals surface area contributed by atoms with E-state index < -0.39 is 0 Å². The molecule has 0 saturated carbocycles. The van der Waals surface area contributed by atoms with Gasteiger partial charge in [0.25, 0.3) is 0 Å². The van der Waals surface area contributed by atoms with Gasteiger partial charge in [-0.2, -0.15) is 0 Å². The number of carbonyl (C=O) groups excluding carboxylic acids is 1. The minimum atomic E-state index is -0.328. The lowest BCUT2D eigenvalue weighted by atomic mass is 10.2. The van der Waals surface area contributed by atoms with Crippen LogP contribution < -0.4 is 4.74 Å². The van der Waals surface area contributed by atoms with E-state index in [1.54, 1.807) is 23.4 Å². The Morgan fingerprint density at radius 3 is 3.00 bits per heavy atom. The van der Waals surface area contributed by atoms with E-state index in [2.05, 4.69) is 20.9 Å². The van der Waals surface area contributed by atoms with Crippen molar-refractivity contribution < 1.29 is 14.3 Å². The number of nitrogens with zero attached hydrogens (tertiary/aromatic N) is 2. The molecule has 2 rings (SSSR count). The normalized spacial score (nSPS) is 14.2. The number of pyridine rings is 1. The third-order valence-corrected chi connectivity index (χ3v) is 2.90. The average molecular weight is 287 g/mol. The molecular formula is C10H11BrN2O3. The zero-order chi connectivity index (χ0) is 11.4. The van der Waals surface area contributed by atoms with E-state index in [4.69, 9.17) is 9.47 Å². The first-order valence-corrected chi connectivity index (χ1v) is 5.70. The molecular weight excluding hydrogens is 276 g/mol. The number of likely N-dealkylation sites (tertiary alicyclic amines) is 1. The van der Waals surface area contributed by atoms with E-state index in [0.717, 1.165) is 24.0 Å². The summed E-state index contributed by atoms with van der Waals surface area (Å²) in [5.41, 5.74) is 0. The fourth-order valence-electron chi connectivity index (χ4n) is 1.20. The first-order chi connectivity index (χ1) is 7.77. The first-order valence-electron chi connectivity index (χ1n) is 4.91. The first kappa shape index (κ1) is 11.2. The van der Waals surface area contributed by atoms with Gasteiger partial charge in [0.1, 0.15) is 0 Å². The van der Waals surface area contributed by atoms with Gasteiger partial charge in [-0.25, -0.2) is 4.79 Å². The van der Waals surface area contributed by atoms with Crippen molar-refractivity contribution in [3.63, 3.8) is 0 Å². The van der Waals surface area contributed by atoms with Gasteiger partial charge in [0.15, 0.2) is 5.75 Å². The summed E-state index contributed by atoms with van der Waals surface area (Å²) in [6.45, 7) is 1.45. The van der Waals surface area contributed by atoms with E-state index in [1.807, 2.05) is 0 Å². The highest BCUT2D eigenvalue weighted by molar-refractivity contribution is 9.10. The molecule has 6 heteroatoms. The van der Waals surface area contributed by atoms with E-state index in [-0.39, 0.29) is 12.9 Å². The third kappa shape index (κ3) is 2.63. The fourth-order valence-corrected chi connectivity index (χ4v) is 1.54. The Labute approximate surface area is 101 Å². The Bertz CT molecular complexity index is 382. The van der Waals surface area contributed by atoms with Crippen molar-refractivity contribution in [1.82, 2.24) is 9.88 Å². The molecule has 2 heterocycles. The molecule has 0 unspecified atom stereocenters. The maximum Gasteiger partial charge on any atom is 0.412 e. The van der Waals surface area contributed by atoms with Crippen LogP contribution >= 0.6 is 15.9 Å². The molecule has 0 atom stereocenters. The monoisotopic (exact) mass is 286 g/mol. The number of rotatable bonds is 3. The molecule has 1 aromatic rings. The average Bonchev–Trinajstić information content (AvgIpc) is 2.18. The quantitative estimate of drug-likeness (QED) is 0.798. The minimum Gasteiger partial charge on any atom is -0.454 e. The number of amides is 1. The van der Waals surface area contributed by atoms with Crippen molar-refractivity contribution in [3.05, 3.63) is 22.9 Å². The lowest BCUT2D eigenvalue weighted by molar-refractivity contribution is 0.0231. The highest BCUT2D eigenvalue weighted by atomic mass is 79.9. The van der Waals surface area contributed by atoms with Gasteiger partial charge in [-0.05, 0) is 28.4 Å². The summed E-state index contributed by atoms with van der Waals surface area (Å²) in [6.07, 6.45) is 3.92. The molecule has 1 aliphatic rings. The van der Waals surface area contributed by atoms with Gasteiger partial charge in [0.05, 0.1) is 10.7 Å². The lowest BCUT2D eigenvalue weighted by Gasteiger charge is -2.29. The Balaban J connectivity index is 1.75. The van der Waals surface area contributed by atoms with E-state index in [0.29, 0.717) is 5.75 Å². The van der Waals surface area contributed by atoms with Gasteiger partial charge in [-0.3, -0.25) is 4.98 Å². The number of halogens is 1. The van der Waals surface area contributed by atoms with Crippen LogP contribution in [0.4, 0.5) is 4.79 Å². The predicted molar refractivity (Wildman–Crippen MR) is 60.1 cm³/mol. The molecule has 1 fully saturated rings. The number of hydrogen-bond acceptors (Lipinski definition) is 4. The summed E-state index contributed by atoms with van der Waals surface area (Å²) < 4.78 is 10.9. The summed E-state index contributed by atoms with van der Waals surface area (Å²) in [4.78, 5) is 16.8. The van der Waals surface area contributed by atoms with Gasteiger partial charge in [-0.1, -0.05) is 0 Å². The molecule has 0 aromatic carbocycles. The number of aromatic nitrogens is 1. The molecule has 1 aliphatic heterocycles. The number of ether oxygens (including phenoxy) is 2. The Kier molecular flexibility index (Phi) is 3.61. The second-order valence-electron chi connectivity index (χ2n) is 3.32. The highest BCUT2D eigenvalue weighted by Crippen LogP contribution is 2.22. The van der Waals surface area contributed by atoms with Gasteiger partial charge in [0, 0.05) is 19.3 Å². The Hall–Kier alpha value is -1.30. The van der Waals surface area contributed by atoms with Crippen LogP contribution in [0.3, 0.4) is 0 Å². The van der Waals surface area contributed by atoms with Crippen molar-refractivity contribution in [2.24, 2.45) is 0 Å². The van der Waals surface area contributed by atoms with Crippen molar-refractivity contribution in [2.75, 3.05) is 19.9 Å². The van der Waals surface area contributed by atoms with Gasteiger partial charge < -0.3 is 14.4 Å².